The average molecular weight is 269 g/mol. The van der Waals surface area contributed by atoms with Crippen molar-refractivity contribution in [3.63, 3.8) is 0 Å². The first-order valence-electron chi connectivity index (χ1n) is 5.65. The number of rotatable bonds is 5. The molecule has 1 aliphatic rings. The first-order chi connectivity index (χ1) is 7.18. The fourth-order valence-corrected chi connectivity index (χ4v) is 2.32. The van der Waals surface area contributed by atoms with Crippen LogP contribution in [-0.4, -0.2) is 10.7 Å². The van der Waals surface area contributed by atoms with Crippen molar-refractivity contribution in [2.75, 3.05) is 0 Å². The van der Waals surface area contributed by atoms with Gasteiger partial charge in [0.15, 0.2) is 0 Å². The Kier molecular flexibility index (Phi) is 3.47. The number of aliphatic hydroxyl groups is 1. The van der Waals surface area contributed by atoms with Gasteiger partial charge < -0.3 is 5.11 Å². The number of aryl methyl sites for hydroxylation is 1. The molecule has 15 heavy (non-hydrogen) atoms. The van der Waals surface area contributed by atoms with Gasteiger partial charge in [-0.05, 0) is 49.8 Å². The van der Waals surface area contributed by atoms with Crippen LogP contribution in [0.3, 0.4) is 0 Å². The zero-order chi connectivity index (χ0) is 10.7. The van der Waals surface area contributed by atoms with E-state index in [1.807, 2.05) is 0 Å². The maximum Gasteiger partial charge on any atom is 0.0650 e. The third kappa shape index (κ3) is 3.62. The summed E-state index contributed by atoms with van der Waals surface area (Å²) >= 11 is 3.47. The zero-order valence-electron chi connectivity index (χ0n) is 8.88. The molecular weight excluding hydrogens is 252 g/mol. The molecule has 0 aliphatic heterocycles. The number of hydrogen-bond acceptors (Lipinski definition) is 1. The molecule has 1 aliphatic carbocycles. The van der Waals surface area contributed by atoms with Gasteiger partial charge in [0.1, 0.15) is 0 Å². The van der Waals surface area contributed by atoms with Gasteiger partial charge in [-0.2, -0.15) is 0 Å². The Morgan fingerprint density at radius 2 is 2.07 bits per heavy atom. The SMILES string of the molecule is OC1(CCCCc2cccc(Br)c2)CC1. The summed E-state index contributed by atoms with van der Waals surface area (Å²) in [6.45, 7) is 0. The third-order valence-electron chi connectivity index (χ3n) is 3.07. The Hall–Kier alpha value is -0.340. The van der Waals surface area contributed by atoms with E-state index < -0.39 is 0 Å². The molecule has 82 valence electrons. The molecule has 1 fully saturated rings. The van der Waals surface area contributed by atoms with E-state index in [1.165, 1.54) is 12.0 Å². The first-order valence-corrected chi connectivity index (χ1v) is 6.44. The summed E-state index contributed by atoms with van der Waals surface area (Å²) in [6, 6.07) is 8.46. The molecule has 0 aromatic heterocycles. The lowest BCUT2D eigenvalue weighted by Crippen LogP contribution is -2.05. The summed E-state index contributed by atoms with van der Waals surface area (Å²) in [5, 5.41) is 9.66. The molecule has 0 atom stereocenters. The van der Waals surface area contributed by atoms with Crippen molar-refractivity contribution in [1.82, 2.24) is 0 Å². The predicted molar refractivity (Wildman–Crippen MR) is 65.9 cm³/mol. The van der Waals surface area contributed by atoms with Crippen LogP contribution < -0.4 is 0 Å². The van der Waals surface area contributed by atoms with E-state index in [4.69, 9.17) is 0 Å². The average Bonchev–Trinajstić information content (AvgIpc) is 2.92. The predicted octanol–water partition coefficient (Wildman–Crippen LogP) is 3.69. The van der Waals surface area contributed by atoms with Crippen LogP contribution in [0.1, 0.15) is 37.7 Å². The van der Waals surface area contributed by atoms with Gasteiger partial charge in [0.05, 0.1) is 5.60 Å². The fraction of sp³-hybridized carbons (Fsp3) is 0.538. The maximum atomic E-state index is 9.66. The normalized spacial score (nSPS) is 17.7. The Morgan fingerprint density at radius 1 is 1.27 bits per heavy atom. The summed E-state index contributed by atoms with van der Waals surface area (Å²) in [4.78, 5) is 0. The quantitative estimate of drug-likeness (QED) is 0.808. The van der Waals surface area contributed by atoms with E-state index in [2.05, 4.69) is 40.2 Å². The topological polar surface area (TPSA) is 20.2 Å². The van der Waals surface area contributed by atoms with Crippen molar-refractivity contribution in [3.05, 3.63) is 34.3 Å². The molecule has 1 aromatic carbocycles. The Bertz CT molecular complexity index is 331. The summed E-state index contributed by atoms with van der Waals surface area (Å²) in [7, 11) is 0. The van der Waals surface area contributed by atoms with Crippen LogP contribution in [-0.2, 0) is 6.42 Å². The summed E-state index contributed by atoms with van der Waals surface area (Å²) in [5.74, 6) is 0. The smallest absolute Gasteiger partial charge is 0.0650 e. The van der Waals surface area contributed by atoms with Gasteiger partial charge in [-0.25, -0.2) is 0 Å². The van der Waals surface area contributed by atoms with Crippen LogP contribution in [0.2, 0.25) is 0 Å². The second-order valence-electron chi connectivity index (χ2n) is 4.56. The molecule has 0 saturated heterocycles. The molecule has 1 saturated carbocycles. The first kappa shape index (κ1) is 11.2. The zero-order valence-corrected chi connectivity index (χ0v) is 10.5. The molecule has 2 rings (SSSR count). The molecule has 1 nitrogen and oxygen atoms in total. The van der Waals surface area contributed by atoms with Crippen molar-refractivity contribution < 1.29 is 5.11 Å². The number of benzene rings is 1. The maximum absolute atomic E-state index is 9.66. The fourth-order valence-electron chi connectivity index (χ4n) is 1.87. The van der Waals surface area contributed by atoms with E-state index in [0.717, 1.165) is 36.6 Å². The summed E-state index contributed by atoms with van der Waals surface area (Å²) in [5.41, 5.74) is 1.12. The molecule has 2 heteroatoms. The van der Waals surface area contributed by atoms with Crippen molar-refractivity contribution in [2.45, 2.75) is 44.1 Å². The lowest BCUT2D eigenvalue weighted by atomic mass is 10.0. The van der Waals surface area contributed by atoms with Crippen molar-refractivity contribution in [1.29, 1.82) is 0 Å². The van der Waals surface area contributed by atoms with Crippen LogP contribution in [0.15, 0.2) is 28.7 Å². The minimum atomic E-state index is -0.267. The van der Waals surface area contributed by atoms with Gasteiger partial charge in [0, 0.05) is 4.47 Å². The van der Waals surface area contributed by atoms with Crippen molar-refractivity contribution in [2.24, 2.45) is 0 Å². The summed E-state index contributed by atoms with van der Waals surface area (Å²) in [6.07, 6.45) is 6.46. The van der Waals surface area contributed by atoms with E-state index in [-0.39, 0.29) is 5.60 Å². The largest absolute Gasteiger partial charge is 0.390 e. The minimum Gasteiger partial charge on any atom is -0.390 e. The Labute approximate surface area is 99.6 Å². The van der Waals surface area contributed by atoms with Gasteiger partial charge in [0.2, 0.25) is 0 Å². The van der Waals surface area contributed by atoms with Crippen LogP contribution >= 0.6 is 15.9 Å². The van der Waals surface area contributed by atoms with E-state index >= 15 is 0 Å². The van der Waals surface area contributed by atoms with Crippen LogP contribution in [0.25, 0.3) is 0 Å². The summed E-state index contributed by atoms with van der Waals surface area (Å²) < 4.78 is 1.15. The molecule has 1 aromatic rings. The second kappa shape index (κ2) is 4.67. The molecule has 0 amide bonds. The van der Waals surface area contributed by atoms with Crippen LogP contribution in [0, 0.1) is 0 Å². The standard InChI is InChI=1S/C13H17BrO/c14-12-6-3-5-11(10-12)4-1-2-7-13(15)8-9-13/h3,5-6,10,15H,1-2,4,7-9H2. The van der Waals surface area contributed by atoms with Gasteiger partial charge in [0.25, 0.3) is 0 Å². The molecule has 1 N–H and O–H groups in total. The van der Waals surface area contributed by atoms with E-state index in [9.17, 15) is 5.11 Å². The van der Waals surface area contributed by atoms with Crippen LogP contribution in [0.4, 0.5) is 0 Å². The molecule has 0 unspecified atom stereocenters. The highest BCUT2D eigenvalue weighted by Crippen LogP contribution is 2.39. The highest BCUT2D eigenvalue weighted by molar-refractivity contribution is 9.10. The number of hydrogen-bond donors (Lipinski definition) is 1. The second-order valence-corrected chi connectivity index (χ2v) is 5.48. The molecule has 0 bridgehead atoms. The number of halogens is 1. The van der Waals surface area contributed by atoms with Gasteiger partial charge in [-0.1, -0.05) is 34.5 Å². The molecular formula is C13H17BrO. The Balaban J connectivity index is 1.69. The van der Waals surface area contributed by atoms with Crippen molar-refractivity contribution in [3.8, 4) is 0 Å². The molecule has 0 spiro atoms. The number of unbranched alkanes of at least 4 members (excludes halogenated alkanes) is 1. The van der Waals surface area contributed by atoms with Crippen LogP contribution in [0.5, 0.6) is 0 Å². The third-order valence-corrected chi connectivity index (χ3v) is 3.57. The monoisotopic (exact) mass is 268 g/mol. The minimum absolute atomic E-state index is 0.267. The van der Waals surface area contributed by atoms with Gasteiger partial charge >= 0.3 is 0 Å². The van der Waals surface area contributed by atoms with E-state index in [0.29, 0.717) is 0 Å². The highest BCUT2D eigenvalue weighted by atomic mass is 79.9. The highest BCUT2D eigenvalue weighted by Gasteiger charge is 2.39. The lowest BCUT2D eigenvalue weighted by molar-refractivity contribution is 0.136. The molecule has 0 radical (unpaired) electrons. The van der Waals surface area contributed by atoms with Gasteiger partial charge in [-0.3, -0.25) is 0 Å². The lowest BCUT2D eigenvalue weighted by Gasteiger charge is -2.06. The van der Waals surface area contributed by atoms with E-state index in [1.54, 1.807) is 0 Å². The molecule has 0 heterocycles. The van der Waals surface area contributed by atoms with Crippen molar-refractivity contribution >= 4 is 15.9 Å². The van der Waals surface area contributed by atoms with Gasteiger partial charge in [-0.15, -0.1) is 0 Å². The Morgan fingerprint density at radius 3 is 2.73 bits per heavy atom.